The average Bonchev–Trinajstić information content (AvgIpc) is 2.70. The molecule has 0 aliphatic carbocycles. The van der Waals surface area contributed by atoms with E-state index in [0.29, 0.717) is 0 Å². The minimum absolute atomic E-state index is 0.0205. The Hall–Kier alpha value is -2.86. The van der Waals surface area contributed by atoms with Crippen LogP contribution in [0.1, 0.15) is 41.5 Å². The van der Waals surface area contributed by atoms with Crippen LogP contribution in [0.3, 0.4) is 0 Å². The second kappa shape index (κ2) is 11.7. The maximum Gasteiger partial charge on any atom is 0.347 e. The van der Waals surface area contributed by atoms with Crippen LogP contribution in [0.25, 0.3) is 0 Å². The number of carbonyl (C=O) groups excluding carboxylic acids is 2. The number of carbonyl (C=O) groups is 2. The fraction of sp³-hybridized carbons (Fsp3) is 0.333. The van der Waals surface area contributed by atoms with Crippen molar-refractivity contribution in [3.63, 3.8) is 0 Å². The quantitative estimate of drug-likeness (QED) is 0.614. The summed E-state index contributed by atoms with van der Waals surface area (Å²) in [6.45, 7) is 10.1. The van der Waals surface area contributed by atoms with Gasteiger partial charge in [-0.05, 0) is 43.9 Å². The van der Waals surface area contributed by atoms with E-state index in [1.54, 1.807) is 24.3 Å². The number of rotatable bonds is 6. The standard InChI is InChI=1S/C15H12O5.C6H15N/c1-19-14(17)11-7-3-5-9-13(11)20-15(18)10-6-2-4-8-12(10)16;1-4-7(5-2)6-3/h2-9,16H,1H3;4-6H2,1-3H3. The highest BCUT2D eigenvalue weighted by atomic mass is 16.5. The Morgan fingerprint density at radius 3 is 1.85 bits per heavy atom. The summed E-state index contributed by atoms with van der Waals surface area (Å²) < 4.78 is 9.74. The molecule has 0 bridgehead atoms. The largest absolute Gasteiger partial charge is 0.507 e. The summed E-state index contributed by atoms with van der Waals surface area (Å²) in [7, 11) is 1.24. The van der Waals surface area contributed by atoms with Crippen LogP contribution >= 0.6 is 0 Å². The van der Waals surface area contributed by atoms with Crippen molar-refractivity contribution >= 4 is 11.9 Å². The van der Waals surface area contributed by atoms with Gasteiger partial charge in [-0.25, -0.2) is 9.59 Å². The van der Waals surface area contributed by atoms with Crippen molar-refractivity contribution in [1.82, 2.24) is 4.90 Å². The van der Waals surface area contributed by atoms with Crippen LogP contribution in [0.15, 0.2) is 48.5 Å². The molecule has 2 aromatic rings. The number of phenolic OH excluding ortho intramolecular Hbond substituents is 1. The number of aromatic hydroxyl groups is 1. The summed E-state index contributed by atoms with van der Waals surface area (Å²) in [6.07, 6.45) is 0. The lowest BCUT2D eigenvalue weighted by Crippen LogP contribution is -2.21. The Balaban J connectivity index is 0.000000445. The third kappa shape index (κ3) is 6.75. The van der Waals surface area contributed by atoms with Crippen molar-refractivity contribution in [2.24, 2.45) is 0 Å². The number of methoxy groups -OCH3 is 1. The molecule has 0 heterocycles. The van der Waals surface area contributed by atoms with E-state index < -0.39 is 11.9 Å². The molecule has 2 rings (SSSR count). The fourth-order valence-corrected chi connectivity index (χ4v) is 2.31. The first kappa shape index (κ1) is 22.2. The molecule has 0 spiro atoms. The van der Waals surface area contributed by atoms with E-state index in [1.165, 1.54) is 51.0 Å². The third-order valence-corrected chi connectivity index (χ3v) is 3.96. The summed E-state index contributed by atoms with van der Waals surface area (Å²) in [5, 5.41) is 9.59. The highest BCUT2D eigenvalue weighted by Gasteiger charge is 2.18. The molecule has 2 aromatic carbocycles. The Morgan fingerprint density at radius 1 is 0.852 bits per heavy atom. The van der Waals surface area contributed by atoms with Gasteiger partial charge in [-0.3, -0.25) is 0 Å². The zero-order chi connectivity index (χ0) is 20.2. The van der Waals surface area contributed by atoms with Crippen LogP contribution in [0.2, 0.25) is 0 Å². The second-order valence-corrected chi connectivity index (χ2v) is 5.51. The van der Waals surface area contributed by atoms with Crippen LogP contribution in [-0.2, 0) is 4.74 Å². The van der Waals surface area contributed by atoms with Crippen LogP contribution in [0.5, 0.6) is 11.5 Å². The van der Waals surface area contributed by atoms with E-state index in [1.807, 2.05) is 0 Å². The normalized spacial score (nSPS) is 9.96. The first-order valence-corrected chi connectivity index (χ1v) is 8.88. The molecule has 0 saturated carbocycles. The summed E-state index contributed by atoms with van der Waals surface area (Å²) >= 11 is 0. The van der Waals surface area contributed by atoms with Gasteiger partial charge in [0.05, 0.1) is 7.11 Å². The third-order valence-electron chi connectivity index (χ3n) is 3.96. The van der Waals surface area contributed by atoms with Crippen molar-refractivity contribution in [3.05, 3.63) is 59.7 Å². The highest BCUT2D eigenvalue weighted by molar-refractivity contribution is 5.97. The van der Waals surface area contributed by atoms with Gasteiger partial charge < -0.3 is 19.5 Å². The molecule has 0 unspecified atom stereocenters. The minimum Gasteiger partial charge on any atom is -0.507 e. The smallest absolute Gasteiger partial charge is 0.347 e. The molecule has 1 N–H and O–H groups in total. The number of hydrogen-bond donors (Lipinski definition) is 1. The van der Waals surface area contributed by atoms with Gasteiger partial charge >= 0.3 is 11.9 Å². The summed E-state index contributed by atoms with van der Waals surface area (Å²) in [6, 6.07) is 12.2. The number of hydrogen-bond acceptors (Lipinski definition) is 6. The van der Waals surface area contributed by atoms with Gasteiger partial charge in [-0.2, -0.15) is 0 Å². The van der Waals surface area contributed by atoms with Crippen LogP contribution in [0.4, 0.5) is 0 Å². The van der Waals surface area contributed by atoms with Gasteiger partial charge in [0, 0.05) is 0 Å². The van der Waals surface area contributed by atoms with E-state index in [-0.39, 0.29) is 22.6 Å². The zero-order valence-electron chi connectivity index (χ0n) is 16.3. The maximum atomic E-state index is 12.0. The lowest BCUT2D eigenvalue weighted by molar-refractivity contribution is 0.0593. The van der Waals surface area contributed by atoms with Crippen LogP contribution < -0.4 is 4.74 Å². The molecule has 0 amide bonds. The van der Waals surface area contributed by atoms with E-state index in [9.17, 15) is 14.7 Å². The van der Waals surface area contributed by atoms with Gasteiger partial charge in [-0.1, -0.05) is 45.0 Å². The van der Waals surface area contributed by atoms with Crippen molar-refractivity contribution in [2.75, 3.05) is 26.7 Å². The van der Waals surface area contributed by atoms with Crippen molar-refractivity contribution < 1.29 is 24.2 Å². The molecular weight excluding hydrogens is 346 g/mol. The van der Waals surface area contributed by atoms with Gasteiger partial charge in [-0.15, -0.1) is 0 Å². The number of benzene rings is 2. The number of nitrogens with zero attached hydrogens (tertiary/aromatic N) is 1. The van der Waals surface area contributed by atoms with E-state index in [0.717, 1.165) is 0 Å². The number of esters is 2. The van der Waals surface area contributed by atoms with Crippen molar-refractivity contribution in [3.8, 4) is 11.5 Å². The van der Waals surface area contributed by atoms with E-state index in [2.05, 4.69) is 30.4 Å². The lowest BCUT2D eigenvalue weighted by atomic mass is 10.2. The highest BCUT2D eigenvalue weighted by Crippen LogP contribution is 2.22. The van der Waals surface area contributed by atoms with Gasteiger partial charge in [0.25, 0.3) is 0 Å². The number of para-hydroxylation sites is 2. The van der Waals surface area contributed by atoms with Crippen molar-refractivity contribution in [1.29, 1.82) is 0 Å². The first-order chi connectivity index (χ1) is 13.0. The first-order valence-electron chi connectivity index (χ1n) is 8.88. The maximum absolute atomic E-state index is 12.0. The molecule has 0 saturated heterocycles. The second-order valence-electron chi connectivity index (χ2n) is 5.51. The number of phenols is 1. The molecule has 0 radical (unpaired) electrons. The van der Waals surface area contributed by atoms with Gasteiger partial charge in [0.1, 0.15) is 22.6 Å². The predicted molar refractivity (Wildman–Crippen MR) is 104 cm³/mol. The molecule has 27 heavy (non-hydrogen) atoms. The molecule has 0 atom stereocenters. The molecule has 6 nitrogen and oxygen atoms in total. The predicted octanol–water partition coefficient (Wildman–Crippen LogP) is 3.75. The fourth-order valence-electron chi connectivity index (χ4n) is 2.31. The van der Waals surface area contributed by atoms with E-state index >= 15 is 0 Å². The minimum atomic E-state index is -0.751. The Bertz CT molecular complexity index is 735. The molecule has 0 fully saturated rings. The van der Waals surface area contributed by atoms with Gasteiger partial charge in [0.15, 0.2) is 0 Å². The average molecular weight is 373 g/mol. The Labute approximate surface area is 160 Å². The Kier molecular flexibility index (Phi) is 9.61. The topological polar surface area (TPSA) is 76.1 Å². The van der Waals surface area contributed by atoms with E-state index in [4.69, 9.17) is 4.74 Å². The molecule has 6 heteroatoms. The molecule has 0 aromatic heterocycles. The molecule has 0 aliphatic heterocycles. The van der Waals surface area contributed by atoms with Gasteiger partial charge in [0.2, 0.25) is 0 Å². The molecule has 146 valence electrons. The van der Waals surface area contributed by atoms with Crippen LogP contribution in [-0.4, -0.2) is 48.7 Å². The summed E-state index contributed by atoms with van der Waals surface area (Å²) in [5.74, 6) is -1.47. The monoisotopic (exact) mass is 373 g/mol. The Morgan fingerprint density at radius 2 is 1.37 bits per heavy atom. The SMILES string of the molecule is CCN(CC)CC.COC(=O)c1ccccc1OC(=O)c1ccccc1O. The van der Waals surface area contributed by atoms with Crippen molar-refractivity contribution in [2.45, 2.75) is 20.8 Å². The summed E-state index contributed by atoms with van der Waals surface area (Å²) in [4.78, 5) is 25.9. The van der Waals surface area contributed by atoms with Crippen LogP contribution in [0, 0.1) is 0 Å². The molecular formula is C21H27NO5. The summed E-state index contributed by atoms with van der Waals surface area (Å²) in [5.41, 5.74) is 0.158. The zero-order valence-corrected chi connectivity index (χ0v) is 16.3. The molecule has 0 aliphatic rings. The lowest BCUT2D eigenvalue weighted by Gasteiger charge is -2.13. The number of ether oxygens (including phenoxy) is 2.